The van der Waals surface area contributed by atoms with Crippen LogP contribution < -0.4 is 0 Å². The van der Waals surface area contributed by atoms with Gasteiger partial charge < -0.3 is 5.41 Å². The monoisotopic (exact) mass is 754 g/mol. The first-order valence-corrected chi connectivity index (χ1v) is 20.3. The number of hydrogen-bond acceptors (Lipinski definition) is 2. The lowest BCUT2D eigenvalue weighted by Gasteiger charge is -2.26. The van der Waals surface area contributed by atoms with Gasteiger partial charge in [0.25, 0.3) is 0 Å². The number of fused-ring (bicyclic) bond motifs is 6. The number of allylic oxidation sites excluding steroid dienone is 1. The molecule has 280 valence electrons. The van der Waals surface area contributed by atoms with Crippen molar-refractivity contribution in [2.45, 2.75) is 19.3 Å². The summed E-state index contributed by atoms with van der Waals surface area (Å²) in [6, 6.07) is 70.8. The van der Waals surface area contributed by atoms with Gasteiger partial charge in [-0.15, -0.1) is 0 Å². The second kappa shape index (κ2) is 14.8. The molecule has 2 nitrogen and oxygen atoms in total. The lowest BCUT2D eigenvalue weighted by Crippen LogP contribution is -2.17. The quantitative estimate of drug-likeness (QED) is 0.150. The Labute approximate surface area is 346 Å². The summed E-state index contributed by atoms with van der Waals surface area (Å²) in [7, 11) is 0. The van der Waals surface area contributed by atoms with Gasteiger partial charge in [-0.1, -0.05) is 214 Å². The lowest BCUT2D eigenvalue weighted by molar-refractivity contribution is 0.668. The topological polar surface area (TPSA) is 36.2 Å². The van der Waals surface area contributed by atoms with Gasteiger partial charge in [0.2, 0.25) is 0 Å². The van der Waals surface area contributed by atoms with Crippen molar-refractivity contribution in [2.75, 3.05) is 0 Å². The van der Waals surface area contributed by atoms with E-state index in [2.05, 4.69) is 178 Å². The normalized spacial score (nSPS) is 13.2. The molecule has 2 heteroatoms. The Balaban J connectivity index is 1.02. The van der Waals surface area contributed by atoms with Gasteiger partial charge in [-0.2, -0.15) is 0 Å². The largest absolute Gasteiger partial charge is 0.300 e. The maximum Gasteiger partial charge on any atom is 0.0723 e. The Bertz CT molecular complexity index is 3100. The summed E-state index contributed by atoms with van der Waals surface area (Å²) in [5, 5.41) is 14.0. The van der Waals surface area contributed by atoms with Crippen molar-refractivity contribution in [2.24, 2.45) is 4.99 Å². The van der Waals surface area contributed by atoms with E-state index < -0.39 is 0 Å². The fraction of sp³-hybridized carbons (Fsp3) is 0.0526. The van der Waals surface area contributed by atoms with Crippen molar-refractivity contribution in [1.29, 1.82) is 5.41 Å². The summed E-state index contributed by atoms with van der Waals surface area (Å²) in [6.45, 7) is 4.76. The molecule has 0 bridgehead atoms. The van der Waals surface area contributed by atoms with E-state index in [-0.39, 0.29) is 5.41 Å². The Hall–Kier alpha value is -7.42. The summed E-state index contributed by atoms with van der Waals surface area (Å²) >= 11 is 0. The Morgan fingerprint density at radius 2 is 0.949 bits per heavy atom. The molecule has 59 heavy (non-hydrogen) atoms. The smallest absolute Gasteiger partial charge is 0.0723 e. The van der Waals surface area contributed by atoms with Crippen LogP contribution in [0.15, 0.2) is 211 Å². The minimum Gasteiger partial charge on any atom is -0.300 e. The highest BCUT2D eigenvalue weighted by Crippen LogP contribution is 2.54. The van der Waals surface area contributed by atoms with E-state index in [1.165, 1.54) is 60.7 Å². The Kier molecular flexibility index (Phi) is 9.03. The molecule has 0 amide bonds. The molecule has 9 aromatic carbocycles. The molecule has 0 aromatic heterocycles. The minimum atomic E-state index is -0.187. The Morgan fingerprint density at radius 3 is 1.64 bits per heavy atom. The van der Waals surface area contributed by atoms with Gasteiger partial charge in [-0.05, 0) is 88.8 Å². The third kappa shape index (κ3) is 6.49. The lowest BCUT2D eigenvalue weighted by atomic mass is 9.77. The van der Waals surface area contributed by atoms with Crippen molar-refractivity contribution >= 4 is 39.2 Å². The number of aliphatic imine (C=N–C) groups is 1. The maximum absolute atomic E-state index is 9.05. The van der Waals surface area contributed by atoms with Gasteiger partial charge in [-0.3, -0.25) is 4.99 Å². The van der Waals surface area contributed by atoms with Crippen LogP contribution in [0.3, 0.4) is 0 Å². The van der Waals surface area contributed by atoms with Gasteiger partial charge in [0.1, 0.15) is 0 Å². The zero-order valence-corrected chi connectivity index (χ0v) is 33.2. The van der Waals surface area contributed by atoms with Crippen LogP contribution in [0.5, 0.6) is 0 Å². The van der Waals surface area contributed by atoms with Crippen molar-refractivity contribution in [1.82, 2.24) is 0 Å². The van der Waals surface area contributed by atoms with Crippen molar-refractivity contribution < 1.29 is 0 Å². The molecule has 0 saturated heterocycles. The molecule has 0 fully saturated rings. The average Bonchev–Trinajstić information content (AvgIpc) is 3.54. The molecule has 0 atom stereocenters. The number of nitrogens with zero attached hydrogens (tertiary/aromatic N) is 1. The first-order chi connectivity index (χ1) is 28.9. The van der Waals surface area contributed by atoms with E-state index in [0.29, 0.717) is 5.71 Å². The summed E-state index contributed by atoms with van der Waals surface area (Å²) in [4.78, 5) is 5.16. The first-order valence-electron chi connectivity index (χ1n) is 20.3. The number of rotatable bonds is 8. The van der Waals surface area contributed by atoms with Crippen LogP contribution in [0, 0.1) is 5.41 Å². The van der Waals surface area contributed by atoms with Gasteiger partial charge >= 0.3 is 0 Å². The predicted octanol–water partition coefficient (Wildman–Crippen LogP) is 14.8. The molecule has 0 radical (unpaired) electrons. The van der Waals surface area contributed by atoms with E-state index in [1.54, 1.807) is 0 Å². The number of nitrogens with one attached hydrogen (secondary N) is 1. The summed E-state index contributed by atoms with van der Waals surface area (Å²) in [6.07, 6.45) is 3.84. The number of hydrogen-bond donors (Lipinski definition) is 1. The van der Waals surface area contributed by atoms with Crippen molar-refractivity contribution in [3.63, 3.8) is 0 Å². The molecule has 0 aliphatic heterocycles. The van der Waals surface area contributed by atoms with Crippen LogP contribution in [0.4, 0.5) is 0 Å². The standard InChI is InChI=1S/C57H42N2/c1-57(2)55-47-20-10-9-16-42(47)32-35-52(55)51-23-13-22-50(56(51)57)49-34-33-45(46-19-11-12-21-48(46)49)37-59-54(36-53(58)43-17-7-4-8-18-43)44-30-28-41(29-31-44)40-26-24-39(25-27-40)38-14-5-3-6-15-38/h3-37,58H,1-2H3/b54-36-,58-53?,59-37?. The molecule has 9 aromatic rings. The van der Waals surface area contributed by atoms with Gasteiger partial charge in [0.05, 0.1) is 11.4 Å². The van der Waals surface area contributed by atoms with Gasteiger partial charge in [0, 0.05) is 22.8 Å². The van der Waals surface area contributed by atoms with Crippen LogP contribution in [0.1, 0.15) is 41.7 Å². The SMILES string of the molecule is CC1(C)c2c(cccc2-c2ccc(C=N/C(=C\C(=N)c3ccccc3)c3ccc(-c4ccc(-c5ccccc5)cc4)cc3)c3ccccc23)-c2ccc3ccccc3c21. The zero-order valence-electron chi connectivity index (χ0n) is 33.2. The highest BCUT2D eigenvalue weighted by Gasteiger charge is 2.39. The van der Waals surface area contributed by atoms with E-state index in [1.807, 2.05) is 48.7 Å². The van der Waals surface area contributed by atoms with Crippen molar-refractivity contribution in [3.8, 4) is 44.5 Å². The second-order valence-electron chi connectivity index (χ2n) is 15.9. The molecule has 1 aliphatic carbocycles. The van der Waals surface area contributed by atoms with Crippen molar-refractivity contribution in [3.05, 3.63) is 234 Å². The third-order valence-corrected chi connectivity index (χ3v) is 12.0. The molecule has 0 saturated carbocycles. The van der Waals surface area contributed by atoms with E-state index >= 15 is 0 Å². The molecule has 10 rings (SSSR count). The molecule has 1 N–H and O–H groups in total. The fourth-order valence-corrected chi connectivity index (χ4v) is 9.13. The molecular formula is C57H42N2. The predicted molar refractivity (Wildman–Crippen MR) is 251 cm³/mol. The van der Waals surface area contributed by atoms with Gasteiger partial charge in [-0.25, -0.2) is 0 Å². The molecular weight excluding hydrogens is 713 g/mol. The summed E-state index contributed by atoms with van der Waals surface area (Å²) < 4.78 is 0. The molecule has 1 aliphatic rings. The highest BCUT2D eigenvalue weighted by molar-refractivity contribution is 6.12. The van der Waals surface area contributed by atoms with Crippen LogP contribution >= 0.6 is 0 Å². The third-order valence-electron chi connectivity index (χ3n) is 12.0. The fourth-order valence-electron chi connectivity index (χ4n) is 9.13. The van der Waals surface area contributed by atoms with Crippen LogP contribution in [0.2, 0.25) is 0 Å². The molecule has 0 unspecified atom stereocenters. The van der Waals surface area contributed by atoms with Crippen LogP contribution in [0.25, 0.3) is 71.7 Å². The van der Waals surface area contributed by atoms with E-state index in [9.17, 15) is 0 Å². The van der Waals surface area contributed by atoms with E-state index in [0.717, 1.165) is 38.9 Å². The second-order valence-corrected chi connectivity index (χ2v) is 15.9. The van der Waals surface area contributed by atoms with Gasteiger partial charge in [0.15, 0.2) is 0 Å². The summed E-state index contributed by atoms with van der Waals surface area (Å²) in [5.41, 5.74) is 16.3. The zero-order chi connectivity index (χ0) is 39.9. The average molecular weight is 755 g/mol. The molecule has 0 spiro atoms. The van der Waals surface area contributed by atoms with E-state index in [4.69, 9.17) is 10.4 Å². The Morgan fingerprint density at radius 1 is 0.424 bits per heavy atom. The highest BCUT2D eigenvalue weighted by atomic mass is 14.7. The first kappa shape index (κ1) is 36.0. The van der Waals surface area contributed by atoms with Crippen LogP contribution in [-0.2, 0) is 5.41 Å². The summed E-state index contributed by atoms with van der Waals surface area (Å²) in [5.74, 6) is 0. The van der Waals surface area contributed by atoms with Crippen LogP contribution in [-0.4, -0.2) is 11.9 Å². The maximum atomic E-state index is 9.05. The number of benzene rings is 9. The minimum absolute atomic E-state index is 0.187. The molecule has 0 heterocycles.